The lowest BCUT2D eigenvalue weighted by Crippen LogP contribution is -2.42. The third-order valence-electron chi connectivity index (χ3n) is 2.77. The summed E-state index contributed by atoms with van der Waals surface area (Å²) in [5, 5.41) is 5.44. The molecule has 0 aliphatic carbocycles. The van der Waals surface area contributed by atoms with E-state index in [0.29, 0.717) is 18.9 Å². The second-order valence-electron chi connectivity index (χ2n) is 5.19. The van der Waals surface area contributed by atoms with E-state index in [0.717, 1.165) is 5.69 Å². The van der Waals surface area contributed by atoms with Crippen LogP contribution in [0.4, 0.5) is 5.69 Å². The summed E-state index contributed by atoms with van der Waals surface area (Å²) in [6.45, 7) is 4.32. The number of nitrogens with two attached hydrogens (primary N) is 1. The molecule has 0 fully saturated rings. The van der Waals surface area contributed by atoms with Crippen LogP contribution in [-0.2, 0) is 9.59 Å². The van der Waals surface area contributed by atoms with Crippen LogP contribution < -0.4 is 16.4 Å². The summed E-state index contributed by atoms with van der Waals surface area (Å²) in [5.74, 6) is 0.0391. The number of hydrogen-bond donors (Lipinski definition) is 3. The molecule has 0 aliphatic rings. The Balaban J connectivity index is 0.00000400. The Kier molecular flexibility index (Phi) is 9.41. The second-order valence-corrected chi connectivity index (χ2v) is 5.19. The Labute approximate surface area is 132 Å². The number of anilines is 1. The summed E-state index contributed by atoms with van der Waals surface area (Å²) in [7, 11) is 0. The highest BCUT2D eigenvalue weighted by molar-refractivity contribution is 5.91. The van der Waals surface area contributed by atoms with E-state index in [-0.39, 0.29) is 30.6 Å². The molecule has 0 saturated carbocycles. The summed E-state index contributed by atoms with van der Waals surface area (Å²) in [5.41, 5.74) is 6.50. The van der Waals surface area contributed by atoms with Gasteiger partial charge in [-0.15, -0.1) is 12.4 Å². The zero-order valence-corrected chi connectivity index (χ0v) is 13.3. The molecule has 0 aliphatic heterocycles. The minimum absolute atomic E-state index is 0. The van der Waals surface area contributed by atoms with Gasteiger partial charge in [-0.25, -0.2) is 0 Å². The molecule has 21 heavy (non-hydrogen) atoms. The Bertz CT molecular complexity index is 438. The van der Waals surface area contributed by atoms with Crippen molar-refractivity contribution in [2.45, 2.75) is 32.7 Å². The number of carbonyl (C=O) groups excluding carboxylic acids is 2. The van der Waals surface area contributed by atoms with Crippen molar-refractivity contribution in [2.24, 2.45) is 11.7 Å². The maximum Gasteiger partial charge on any atom is 0.236 e. The van der Waals surface area contributed by atoms with E-state index < -0.39 is 6.04 Å². The lowest BCUT2D eigenvalue weighted by molar-refractivity contribution is -0.122. The van der Waals surface area contributed by atoms with Gasteiger partial charge in [0.25, 0.3) is 0 Å². The monoisotopic (exact) mass is 313 g/mol. The van der Waals surface area contributed by atoms with Crippen LogP contribution in [0.25, 0.3) is 0 Å². The van der Waals surface area contributed by atoms with Crippen LogP contribution in [0, 0.1) is 5.92 Å². The lowest BCUT2D eigenvalue weighted by atomic mass is 10.0. The van der Waals surface area contributed by atoms with Crippen molar-refractivity contribution < 1.29 is 9.59 Å². The molecule has 1 rings (SSSR count). The van der Waals surface area contributed by atoms with Crippen LogP contribution in [0.2, 0.25) is 0 Å². The molecule has 0 aromatic heterocycles. The van der Waals surface area contributed by atoms with Gasteiger partial charge in [-0.1, -0.05) is 32.0 Å². The first-order valence-electron chi connectivity index (χ1n) is 6.87. The molecule has 118 valence electrons. The fraction of sp³-hybridized carbons (Fsp3) is 0.467. The largest absolute Gasteiger partial charge is 0.354 e. The molecule has 1 atom stereocenters. The highest BCUT2D eigenvalue weighted by Gasteiger charge is 2.14. The molecule has 4 N–H and O–H groups in total. The smallest absolute Gasteiger partial charge is 0.236 e. The summed E-state index contributed by atoms with van der Waals surface area (Å²) in [6.07, 6.45) is 0.872. The Morgan fingerprint density at radius 3 is 2.38 bits per heavy atom. The number of para-hydroxylation sites is 1. The van der Waals surface area contributed by atoms with E-state index in [4.69, 9.17) is 5.73 Å². The molecule has 5 nitrogen and oxygen atoms in total. The topological polar surface area (TPSA) is 84.2 Å². The number of benzene rings is 1. The maximum atomic E-state index is 11.7. The Morgan fingerprint density at radius 1 is 1.19 bits per heavy atom. The maximum absolute atomic E-state index is 11.7. The molecule has 0 heterocycles. The molecular formula is C15H24ClN3O2. The first-order chi connectivity index (χ1) is 9.49. The first-order valence-corrected chi connectivity index (χ1v) is 6.87. The average molecular weight is 314 g/mol. The standard InChI is InChI=1S/C15H23N3O2.ClH/c1-11(2)10-13(16)15(20)17-9-8-14(19)18-12-6-4-3-5-7-12;/h3-7,11,13H,8-10,16H2,1-2H3,(H,17,20)(H,18,19);1H/t13-;/m0./s1. The van der Waals surface area contributed by atoms with Crippen molar-refractivity contribution in [3.63, 3.8) is 0 Å². The van der Waals surface area contributed by atoms with Crippen molar-refractivity contribution in [1.29, 1.82) is 0 Å². The van der Waals surface area contributed by atoms with Gasteiger partial charge >= 0.3 is 0 Å². The third kappa shape index (κ3) is 8.32. The lowest BCUT2D eigenvalue weighted by Gasteiger charge is -2.14. The van der Waals surface area contributed by atoms with Crippen LogP contribution in [-0.4, -0.2) is 24.4 Å². The summed E-state index contributed by atoms with van der Waals surface area (Å²) in [4.78, 5) is 23.3. The number of carbonyl (C=O) groups is 2. The van der Waals surface area contributed by atoms with Gasteiger partial charge in [-0.2, -0.15) is 0 Å². The molecular weight excluding hydrogens is 290 g/mol. The van der Waals surface area contributed by atoms with Gasteiger partial charge in [0, 0.05) is 18.7 Å². The van der Waals surface area contributed by atoms with Crippen LogP contribution >= 0.6 is 12.4 Å². The molecule has 0 radical (unpaired) electrons. The van der Waals surface area contributed by atoms with E-state index in [1.807, 2.05) is 44.2 Å². The van der Waals surface area contributed by atoms with Crippen LogP contribution in [0.15, 0.2) is 30.3 Å². The third-order valence-corrected chi connectivity index (χ3v) is 2.77. The van der Waals surface area contributed by atoms with Gasteiger partial charge in [0.2, 0.25) is 11.8 Å². The normalized spacial score (nSPS) is 11.4. The van der Waals surface area contributed by atoms with E-state index >= 15 is 0 Å². The number of amides is 2. The summed E-state index contributed by atoms with van der Waals surface area (Å²) < 4.78 is 0. The van der Waals surface area contributed by atoms with Gasteiger partial charge in [0.1, 0.15) is 0 Å². The Morgan fingerprint density at radius 2 is 1.81 bits per heavy atom. The quantitative estimate of drug-likeness (QED) is 0.719. The minimum atomic E-state index is -0.507. The van der Waals surface area contributed by atoms with Gasteiger partial charge in [-0.3, -0.25) is 9.59 Å². The van der Waals surface area contributed by atoms with Crippen molar-refractivity contribution >= 4 is 29.9 Å². The highest BCUT2D eigenvalue weighted by Crippen LogP contribution is 2.05. The molecule has 0 bridgehead atoms. The molecule has 1 aromatic carbocycles. The molecule has 0 saturated heterocycles. The van der Waals surface area contributed by atoms with Gasteiger partial charge in [-0.05, 0) is 24.5 Å². The number of hydrogen-bond acceptors (Lipinski definition) is 3. The van der Waals surface area contributed by atoms with Crippen LogP contribution in [0.3, 0.4) is 0 Å². The second kappa shape index (κ2) is 10.2. The van der Waals surface area contributed by atoms with Crippen LogP contribution in [0.5, 0.6) is 0 Å². The number of nitrogens with one attached hydrogen (secondary N) is 2. The highest BCUT2D eigenvalue weighted by atomic mass is 35.5. The molecule has 0 unspecified atom stereocenters. The zero-order chi connectivity index (χ0) is 15.0. The predicted molar refractivity (Wildman–Crippen MR) is 87.4 cm³/mol. The average Bonchev–Trinajstić information content (AvgIpc) is 2.38. The van der Waals surface area contributed by atoms with Gasteiger partial charge in [0.05, 0.1) is 6.04 Å². The van der Waals surface area contributed by atoms with Crippen molar-refractivity contribution in [3.05, 3.63) is 30.3 Å². The van der Waals surface area contributed by atoms with E-state index in [2.05, 4.69) is 10.6 Å². The summed E-state index contributed by atoms with van der Waals surface area (Å²) >= 11 is 0. The van der Waals surface area contributed by atoms with Crippen molar-refractivity contribution in [1.82, 2.24) is 5.32 Å². The fourth-order valence-corrected chi connectivity index (χ4v) is 1.79. The fourth-order valence-electron chi connectivity index (χ4n) is 1.79. The van der Waals surface area contributed by atoms with E-state index in [1.54, 1.807) is 0 Å². The minimum Gasteiger partial charge on any atom is -0.354 e. The SMILES string of the molecule is CC(C)C[C@H](N)C(=O)NCCC(=O)Nc1ccccc1.Cl. The van der Waals surface area contributed by atoms with Crippen molar-refractivity contribution in [3.8, 4) is 0 Å². The van der Waals surface area contributed by atoms with E-state index in [9.17, 15) is 9.59 Å². The van der Waals surface area contributed by atoms with E-state index in [1.165, 1.54) is 0 Å². The molecule has 1 aromatic rings. The number of rotatable bonds is 7. The van der Waals surface area contributed by atoms with Crippen LogP contribution in [0.1, 0.15) is 26.7 Å². The Hall–Kier alpha value is -1.59. The first kappa shape index (κ1) is 19.4. The number of halogens is 1. The molecule has 0 spiro atoms. The zero-order valence-electron chi connectivity index (χ0n) is 12.5. The van der Waals surface area contributed by atoms with Gasteiger partial charge < -0.3 is 16.4 Å². The predicted octanol–water partition coefficient (Wildman–Crippen LogP) is 1.93. The van der Waals surface area contributed by atoms with Crippen molar-refractivity contribution in [2.75, 3.05) is 11.9 Å². The van der Waals surface area contributed by atoms with Gasteiger partial charge in [0.15, 0.2) is 0 Å². The molecule has 2 amide bonds. The molecule has 6 heteroatoms. The summed E-state index contributed by atoms with van der Waals surface area (Å²) in [6, 6.07) is 8.70.